The highest BCUT2D eigenvalue weighted by Gasteiger charge is 2.13. The van der Waals surface area contributed by atoms with Crippen LogP contribution in [0.2, 0.25) is 0 Å². The van der Waals surface area contributed by atoms with Crippen molar-refractivity contribution < 1.29 is 27.9 Å². The van der Waals surface area contributed by atoms with Crippen LogP contribution >= 0.6 is 0 Å². The van der Waals surface area contributed by atoms with Gasteiger partial charge in [-0.25, -0.2) is 19.2 Å². The third kappa shape index (κ3) is 5.64. The van der Waals surface area contributed by atoms with Gasteiger partial charge in [0.25, 0.3) is 0 Å². The zero-order valence-corrected chi connectivity index (χ0v) is 21.1. The zero-order valence-electron chi connectivity index (χ0n) is 21.1. The van der Waals surface area contributed by atoms with Crippen LogP contribution in [-0.2, 0) is 0 Å². The lowest BCUT2D eigenvalue weighted by Gasteiger charge is -2.12. The summed E-state index contributed by atoms with van der Waals surface area (Å²) in [6.07, 6.45) is -1.56. The molecule has 10 nitrogen and oxygen atoms in total. The molecule has 0 radical (unpaired) electrons. The summed E-state index contributed by atoms with van der Waals surface area (Å²) in [6.45, 7) is 5.34. The van der Waals surface area contributed by atoms with Crippen molar-refractivity contribution in [3.63, 3.8) is 0 Å². The molecule has 0 bridgehead atoms. The molecular weight excluding hydrogens is 504 g/mol. The van der Waals surface area contributed by atoms with Crippen LogP contribution in [0.5, 0.6) is 11.5 Å². The van der Waals surface area contributed by atoms with E-state index in [2.05, 4.69) is 10.6 Å². The number of anilines is 2. The Morgan fingerprint density at radius 2 is 1.13 bits per heavy atom. The summed E-state index contributed by atoms with van der Waals surface area (Å²) >= 11 is 0. The van der Waals surface area contributed by atoms with Crippen LogP contribution in [0.3, 0.4) is 0 Å². The number of hydrogen-bond acceptors (Lipinski definition) is 8. The average molecular weight is 527 g/mol. The van der Waals surface area contributed by atoms with Crippen LogP contribution in [0.1, 0.15) is 16.7 Å². The van der Waals surface area contributed by atoms with Gasteiger partial charge in [0, 0.05) is 46.4 Å². The largest absolute Gasteiger partial charge is 0.423 e. The fraction of sp³-hybridized carbons (Fsp3) is 0.103. The molecule has 2 aromatic heterocycles. The second-order valence-electron chi connectivity index (χ2n) is 8.87. The second-order valence-corrected chi connectivity index (χ2v) is 8.87. The molecule has 10 heteroatoms. The van der Waals surface area contributed by atoms with E-state index in [-0.39, 0.29) is 11.5 Å². The topological polar surface area (TPSA) is 137 Å². The lowest BCUT2D eigenvalue weighted by atomic mass is 10.1. The molecule has 0 saturated carbocycles. The minimum Gasteiger partial charge on any atom is -0.423 e. The number of fused-ring (bicyclic) bond motifs is 2. The number of carbonyl (C=O) groups excluding carboxylic acids is 2. The minimum atomic E-state index is -0.783. The molecule has 2 heterocycles. The molecule has 2 amide bonds. The van der Waals surface area contributed by atoms with Gasteiger partial charge < -0.3 is 18.3 Å². The van der Waals surface area contributed by atoms with E-state index < -0.39 is 23.4 Å². The van der Waals surface area contributed by atoms with E-state index in [1.54, 1.807) is 63.2 Å². The van der Waals surface area contributed by atoms with Crippen molar-refractivity contribution >= 4 is 45.5 Å². The fourth-order valence-corrected chi connectivity index (χ4v) is 4.06. The quantitative estimate of drug-likeness (QED) is 0.270. The second kappa shape index (κ2) is 10.2. The highest BCUT2D eigenvalue weighted by molar-refractivity contribution is 5.92. The van der Waals surface area contributed by atoms with Crippen molar-refractivity contribution in [2.24, 2.45) is 0 Å². The molecule has 0 spiro atoms. The summed E-state index contributed by atoms with van der Waals surface area (Å²) in [7, 11) is 0. The van der Waals surface area contributed by atoms with E-state index in [1.165, 1.54) is 24.3 Å². The Labute approximate surface area is 220 Å². The summed E-state index contributed by atoms with van der Waals surface area (Å²) in [4.78, 5) is 48.4. The fourth-order valence-electron chi connectivity index (χ4n) is 4.06. The maximum absolute atomic E-state index is 12.6. The van der Waals surface area contributed by atoms with E-state index in [0.717, 1.165) is 21.9 Å². The van der Waals surface area contributed by atoms with Crippen molar-refractivity contribution in [3.8, 4) is 11.5 Å². The molecule has 0 atom stereocenters. The summed E-state index contributed by atoms with van der Waals surface area (Å²) in [5.41, 5.74) is 2.56. The lowest BCUT2D eigenvalue weighted by molar-refractivity contribution is 0.214. The van der Waals surface area contributed by atoms with Gasteiger partial charge >= 0.3 is 23.4 Å². The number of benzene rings is 3. The van der Waals surface area contributed by atoms with Gasteiger partial charge in [-0.1, -0.05) is 6.07 Å². The van der Waals surface area contributed by atoms with Gasteiger partial charge in [-0.05, 0) is 73.9 Å². The Hall–Kier alpha value is -5.38. The molecule has 5 aromatic rings. The van der Waals surface area contributed by atoms with Crippen LogP contribution in [0.25, 0.3) is 21.9 Å². The Bertz CT molecular complexity index is 1890. The van der Waals surface area contributed by atoms with Crippen LogP contribution < -0.4 is 31.4 Å². The Morgan fingerprint density at radius 1 is 0.615 bits per heavy atom. The maximum Gasteiger partial charge on any atom is 0.417 e. The molecule has 39 heavy (non-hydrogen) atoms. The van der Waals surface area contributed by atoms with Gasteiger partial charge in [-0.15, -0.1) is 0 Å². The van der Waals surface area contributed by atoms with E-state index >= 15 is 0 Å². The summed E-state index contributed by atoms with van der Waals surface area (Å²) in [6, 6.07) is 17.2. The number of ether oxygens (including phenoxy) is 2. The van der Waals surface area contributed by atoms with Crippen molar-refractivity contribution in [2.45, 2.75) is 20.8 Å². The first-order chi connectivity index (χ1) is 18.6. The predicted octanol–water partition coefficient (Wildman–Crippen LogP) is 6.05. The van der Waals surface area contributed by atoms with Crippen LogP contribution in [0.4, 0.5) is 21.0 Å². The molecule has 0 unspecified atom stereocenters. The van der Waals surface area contributed by atoms with Crippen molar-refractivity contribution in [1.82, 2.24) is 0 Å². The third-order valence-corrected chi connectivity index (χ3v) is 5.99. The van der Waals surface area contributed by atoms with Gasteiger partial charge in [0.15, 0.2) is 0 Å². The van der Waals surface area contributed by atoms with Crippen molar-refractivity contribution in [2.75, 3.05) is 10.6 Å². The SMILES string of the molecule is Cc1ccc(NC(=O)Oc2ccc3c(C)cc(=O)oc3c2)cc1NC(=O)Oc1ccc2c(C)cc(=O)oc2c1. The first-order valence-electron chi connectivity index (χ1n) is 11.8. The third-order valence-electron chi connectivity index (χ3n) is 5.99. The summed E-state index contributed by atoms with van der Waals surface area (Å²) in [5.74, 6) is 0.370. The van der Waals surface area contributed by atoms with Gasteiger partial charge in [0.1, 0.15) is 22.7 Å². The molecular formula is C29H22N2O8. The molecule has 0 aliphatic heterocycles. The van der Waals surface area contributed by atoms with Crippen molar-refractivity contribution in [3.05, 3.63) is 104 Å². The molecule has 5 rings (SSSR count). The molecule has 0 fully saturated rings. The average Bonchev–Trinajstić information content (AvgIpc) is 2.85. The van der Waals surface area contributed by atoms with E-state index in [9.17, 15) is 19.2 Å². The Morgan fingerprint density at radius 3 is 1.67 bits per heavy atom. The number of aryl methyl sites for hydroxylation is 3. The predicted molar refractivity (Wildman–Crippen MR) is 145 cm³/mol. The summed E-state index contributed by atoms with van der Waals surface area (Å²) in [5, 5.41) is 6.69. The van der Waals surface area contributed by atoms with E-state index in [4.69, 9.17) is 18.3 Å². The smallest absolute Gasteiger partial charge is 0.417 e. The highest BCUT2D eigenvalue weighted by Crippen LogP contribution is 2.25. The molecule has 3 aromatic carbocycles. The first kappa shape index (κ1) is 25.3. The summed E-state index contributed by atoms with van der Waals surface area (Å²) < 4.78 is 21.1. The maximum atomic E-state index is 12.6. The molecule has 2 N–H and O–H groups in total. The Kier molecular flexibility index (Phi) is 6.59. The molecule has 0 saturated heterocycles. The van der Waals surface area contributed by atoms with Crippen molar-refractivity contribution in [1.29, 1.82) is 0 Å². The van der Waals surface area contributed by atoms with Crippen LogP contribution in [-0.4, -0.2) is 12.2 Å². The van der Waals surface area contributed by atoms with Gasteiger partial charge in [0.2, 0.25) is 0 Å². The monoisotopic (exact) mass is 526 g/mol. The van der Waals surface area contributed by atoms with Crippen LogP contribution in [0.15, 0.2) is 85.2 Å². The standard InChI is InChI=1S/C29H22N2O8/c1-15-4-5-18(30-28(34)36-19-6-8-21-16(2)10-26(32)38-24(21)13-19)12-23(15)31-29(35)37-20-7-9-22-17(3)11-27(33)39-25(22)14-20/h4-14H,1-3H3,(H,30,34)(H,31,35). The minimum absolute atomic E-state index is 0.184. The number of carbonyl (C=O) groups is 2. The highest BCUT2D eigenvalue weighted by atomic mass is 16.6. The van der Waals surface area contributed by atoms with Gasteiger partial charge in [-0.2, -0.15) is 0 Å². The first-order valence-corrected chi connectivity index (χ1v) is 11.8. The number of rotatable bonds is 4. The number of nitrogens with one attached hydrogen (secondary N) is 2. The number of hydrogen-bond donors (Lipinski definition) is 2. The van der Waals surface area contributed by atoms with E-state index in [1.807, 2.05) is 0 Å². The zero-order chi connectivity index (χ0) is 27.7. The molecule has 0 aliphatic rings. The Balaban J connectivity index is 1.26. The lowest BCUT2D eigenvalue weighted by Crippen LogP contribution is -2.19. The van der Waals surface area contributed by atoms with Crippen LogP contribution in [0, 0.1) is 20.8 Å². The molecule has 0 aliphatic carbocycles. The van der Waals surface area contributed by atoms with Gasteiger partial charge in [0.05, 0.1) is 0 Å². The van der Waals surface area contributed by atoms with Gasteiger partial charge in [-0.3, -0.25) is 10.6 Å². The normalized spacial score (nSPS) is 10.8. The number of amides is 2. The van der Waals surface area contributed by atoms with E-state index in [0.29, 0.717) is 28.1 Å². The molecule has 196 valence electrons.